The van der Waals surface area contributed by atoms with Gasteiger partial charge in [0.25, 0.3) is 0 Å². The van der Waals surface area contributed by atoms with Gasteiger partial charge in [-0.3, -0.25) is 0 Å². The van der Waals surface area contributed by atoms with Crippen LogP contribution in [0.2, 0.25) is 0 Å². The van der Waals surface area contributed by atoms with Gasteiger partial charge < -0.3 is 14.7 Å². The summed E-state index contributed by atoms with van der Waals surface area (Å²) in [6.07, 6.45) is 0. The number of hydrogen-bond acceptors (Lipinski definition) is 4. The molecule has 0 unspecified atom stereocenters. The van der Waals surface area contributed by atoms with Crippen LogP contribution in [0.15, 0.2) is 53.7 Å². The van der Waals surface area contributed by atoms with E-state index in [2.05, 4.69) is 9.99 Å². The smallest absolute Gasteiger partial charge is 0.358 e. The Hall–Kier alpha value is -2.82. The van der Waals surface area contributed by atoms with Crippen molar-refractivity contribution in [1.29, 1.82) is 0 Å². The van der Waals surface area contributed by atoms with Crippen molar-refractivity contribution < 1.29 is 19.5 Å². The minimum Gasteiger partial charge on any atom is -0.489 e. The summed E-state index contributed by atoms with van der Waals surface area (Å²) in [6, 6.07) is 14.8. The van der Waals surface area contributed by atoms with Crippen molar-refractivity contribution in [3.8, 4) is 5.75 Å². The maximum Gasteiger partial charge on any atom is 0.358 e. The Morgan fingerprint density at radius 3 is 2.41 bits per heavy atom. The normalized spacial score (nSPS) is 11.1. The van der Waals surface area contributed by atoms with Gasteiger partial charge >= 0.3 is 5.97 Å². The number of para-hydroxylation sites is 1. The molecule has 0 bridgehead atoms. The minimum absolute atomic E-state index is 0.131. The molecule has 1 N–H and O–H groups in total. The first-order chi connectivity index (χ1) is 10.6. The van der Waals surface area contributed by atoms with Gasteiger partial charge in [0.15, 0.2) is 5.71 Å². The Morgan fingerprint density at radius 1 is 1.14 bits per heavy atom. The van der Waals surface area contributed by atoms with E-state index in [-0.39, 0.29) is 5.71 Å². The van der Waals surface area contributed by atoms with Gasteiger partial charge in [0.1, 0.15) is 19.5 Å². The fourth-order valence-electron chi connectivity index (χ4n) is 1.94. The first kappa shape index (κ1) is 15.6. The third-order valence-corrected chi connectivity index (χ3v) is 3.10. The lowest BCUT2D eigenvalue weighted by molar-refractivity contribution is -0.129. The fourth-order valence-corrected chi connectivity index (χ4v) is 1.94. The number of hydrogen-bond donors (Lipinski definition) is 1. The number of ether oxygens (including phenoxy) is 1. The molecule has 5 heteroatoms. The molecule has 0 saturated carbocycles. The molecule has 0 heterocycles. The van der Waals surface area contributed by atoms with E-state index in [1.807, 2.05) is 43.3 Å². The van der Waals surface area contributed by atoms with Crippen LogP contribution >= 0.6 is 0 Å². The lowest BCUT2D eigenvalue weighted by atomic mass is 10.1. The van der Waals surface area contributed by atoms with Crippen molar-refractivity contribution in [3.05, 3.63) is 65.2 Å². The zero-order valence-electron chi connectivity index (χ0n) is 12.4. The van der Waals surface area contributed by atoms with Crippen molar-refractivity contribution in [2.75, 3.05) is 7.11 Å². The van der Waals surface area contributed by atoms with Crippen molar-refractivity contribution in [2.45, 2.75) is 13.5 Å². The number of aliphatic carboxylic acids is 1. The van der Waals surface area contributed by atoms with Crippen LogP contribution in [-0.2, 0) is 16.2 Å². The van der Waals surface area contributed by atoms with E-state index >= 15 is 0 Å². The maximum absolute atomic E-state index is 11.1. The van der Waals surface area contributed by atoms with E-state index in [1.165, 1.54) is 7.11 Å². The highest BCUT2D eigenvalue weighted by atomic mass is 16.6. The Balaban J connectivity index is 2.08. The lowest BCUT2D eigenvalue weighted by Crippen LogP contribution is -2.14. The Kier molecular flexibility index (Phi) is 5.14. The highest BCUT2D eigenvalue weighted by molar-refractivity contribution is 6.42. The molecule has 5 nitrogen and oxygen atoms in total. The van der Waals surface area contributed by atoms with Gasteiger partial charge in [0, 0.05) is 5.56 Å². The largest absolute Gasteiger partial charge is 0.489 e. The van der Waals surface area contributed by atoms with Gasteiger partial charge in [-0.15, -0.1) is 0 Å². The molecule has 2 aromatic carbocycles. The van der Waals surface area contributed by atoms with Crippen LogP contribution in [0.3, 0.4) is 0 Å². The molecule has 0 aliphatic carbocycles. The van der Waals surface area contributed by atoms with E-state index in [0.717, 1.165) is 16.9 Å². The number of oxime groups is 1. The monoisotopic (exact) mass is 299 g/mol. The van der Waals surface area contributed by atoms with Crippen LogP contribution in [0, 0.1) is 6.92 Å². The van der Waals surface area contributed by atoms with E-state index in [4.69, 9.17) is 9.84 Å². The molecule has 0 amide bonds. The Bertz CT molecular complexity index is 677. The number of benzene rings is 2. The molecule has 2 rings (SSSR count). The van der Waals surface area contributed by atoms with Crippen molar-refractivity contribution >= 4 is 11.7 Å². The summed E-state index contributed by atoms with van der Waals surface area (Å²) in [5.41, 5.74) is 2.36. The fraction of sp³-hybridized carbons (Fsp3) is 0.176. The third kappa shape index (κ3) is 3.85. The van der Waals surface area contributed by atoms with E-state index in [9.17, 15) is 4.79 Å². The van der Waals surface area contributed by atoms with E-state index < -0.39 is 5.97 Å². The number of carboxylic acid groups (broad SMARTS) is 1. The predicted molar refractivity (Wildman–Crippen MR) is 83.1 cm³/mol. The molecule has 0 fully saturated rings. The first-order valence-electron chi connectivity index (χ1n) is 6.74. The van der Waals surface area contributed by atoms with Gasteiger partial charge in [-0.1, -0.05) is 47.6 Å². The second kappa shape index (κ2) is 7.26. The number of rotatable bonds is 6. The average Bonchev–Trinajstić information content (AvgIpc) is 2.52. The summed E-state index contributed by atoms with van der Waals surface area (Å²) in [4.78, 5) is 15.6. The number of aryl methyl sites for hydroxylation is 1. The summed E-state index contributed by atoms with van der Waals surface area (Å²) in [5, 5.41) is 12.6. The second-order valence-electron chi connectivity index (χ2n) is 4.68. The molecular formula is C17H17NO4. The van der Waals surface area contributed by atoms with Crippen molar-refractivity contribution in [3.63, 3.8) is 0 Å². The van der Waals surface area contributed by atoms with E-state index in [1.54, 1.807) is 12.1 Å². The Labute approximate surface area is 128 Å². The number of carbonyl (C=O) groups is 1. The summed E-state index contributed by atoms with van der Waals surface area (Å²) >= 11 is 0. The topological polar surface area (TPSA) is 68.1 Å². The van der Waals surface area contributed by atoms with E-state index in [0.29, 0.717) is 12.2 Å². The van der Waals surface area contributed by atoms with Gasteiger partial charge in [0.2, 0.25) is 0 Å². The van der Waals surface area contributed by atoms with Crippen molar-refractivity contribution in [1.82, 2.24) is 0 Å². The molecule has 2 aromatic rings. The zero-order valence-corrected chi connectivity index (χ0v) is 12.4. The third-order valence-electron chi connectivity index (χ3n) is 3.10. The lowest BCUT2D eigenvalue weighted by Gasteiger charge is -2.09. The summed E-state index contributed by atoms with van der Waals surface area (Å²) in [6.45, 7) is 2.40. The number of carboxylic acids is 1. The molecule has 22 heavy (non-hydrogen) atoms. The predicted octanol–water partition coefficient (Wildman–Crippen LogP) is 3.01. The number of nitrogens with zero attached hydrogens (tertiary/aromatic N) is 1. The van der Waals surface area contributed by atoms with Crippen LogP contribution in [0.25, 0.3) is 0 Å². The molecule has 0 aliphatic heterocycles. The van der Waals surface area contributed by atoms with Crippen LogP contribution in [0.4, 0.5) is 0 Å². The molecular weight excluding hydrogens is 282 g/mol. The Morgan fingerprint density at radius 2 is 1.82 bits per heavy atom. The van der Waals surface area contributed by atoms with Gasteiger partial charge in [-0.2, -0.15) is 0 Å². The van der Waals surface area contributed by atoms with Crippen LogP contribution in [-0.4, -0.2) is 23.9 Å². The van der Waals surface area contributed by atoms with Gasteiger partial charge in [0.05, 0.1) is 0 Å². The minimum atomic E-state index is -1.13. The molecule has 0 spiro atoms. The van der Waals surface area contributed by atoms with Gasteiger partial charge in [-0.05, 0) is 24.1 Å². The van der Waals surface area contributed by atoms with Crippen molar-refractivity contribution in [2.24, 2.45) is 5.16 Å². The molecule has 114 valence electrons. The molecule has 0 aliphatic rings. The SMILES string of the molecule is CO/N=C(/C(=O)O)c1ccc(COc2ccccc2C)cc1. The maximum atomic E-state index is 11.1. The quantitative estimate of drug-likeness (QED) is 0.657. The second-order valence-corrected chi connectivity index (χ2v) is 4.68. The van der Waals surface area contributed by atoms with Crippen LogP contribution < -0.4 is 4.74 Å². The first-order valence-corrected chi connectivity index (χ1v) is 6.74. The highest BCUT2D eigenvalue weighted by Gasteiger charge is 2.13. The van der Waals surface area contributed by atoms with Gasteiger partial charge in [-0.25, -0.2) is 4.79 Å². The summed E-state index contributed by atoms with van der Waals surface area (Å²) < 4.78 is 5.75. The standard InChI is InChI=1S/C17H17NO4/c1-12-5-3-4-6-15(12)22-11-13-7-9-14(10-8-13)16(17(19)20)18-21-2/h3-10H,11H2,1-2H3,(H,19,20)/b18-16+. The summed E-state index contributed by atoms with van der Waals surface area (Å²) in [7, 11) is 1.31. The summed E-state index contributed by atoms with van der Waals surface area (Å²) in [5.74, 6) is -0.301. The molecule has 0 saturated heterocycles. The molecule has 0 radical (unpaired) electrons. The highest BCUT2D eigenvalue weighted by Crippen LogP contribution is 2.18. The van der Waals surface area contributed by atoms with Crippen LogP contribution in [0.5, 0.6) is 5.75 Å². The zero-order chi connectivity index (χ0) is 15.9. The average molecular weight is 299 g/mol. The van der Waals surface area contributed by atoms with Crippen LogP contribution in [0.1, 0.15) is 16.7 Å². The molecule has 0 atom stereocenters. The molecule has 0 aromatic heterocycles.